The van der Waals surface area contributed by atoms with Crippen molar-refractivity contribution in [3.05, 3.63) is 128 Å². The van der Waals surface area contributed by atoms with Gasteiger partial charge in [0.1, 0.15) is 17.1 Å². The zero-order valence-corrected chi connectivity index (χ0v) is 20.4. The number of fused-ring (bicyclic) bond motifs is 6. The lowest BCUT2D eigenvalue weighted by atomic mass is 10.0. The van der Waals surface area contributed by atoms with Crippen molar-refractivity contribution in [3.8, 4) is 22.6 Å². The van der Waals surface area contributed by atoms with Crippen LogP contribution in [0.25, 0.3) is 66.5 Å². The van der Waals surface area contributed by atoms with Gasteiger partial charge in [-0.25, -0.2) is 15.0 Å². The molecule has 8 aromatic rings. The largest absolute Gasteiger partial charge is 0.294 e. The molecule has 0 bridgehead atoms. The molecular formula is C33H21N5. The Morgan fingerprint density at radius 2 is 1.00 bits per heavy atom. The predicted molar refractivity (Wildman–Crippen MR) is 154 cm³/mol. The molecule has 178 valence electrons. The average Bonchev–Trinajstić information content (AvgIpc) is 3.50. The van der Waals surface area contributed by atoms with E-state index < -0.39 is 0 Å². The minimum atomic E-state index is 0.863. The molecule has 0 radical (unpaired) electrons. The zero-order valence-electron chi connectivity index (χ0n) is 20.4. The lowest BCUT2D eigenvalue weighted by Crippen LogP contribution is -1.97. The summed E-state index contributed by atoms with van der Waals surface area (Å²) in [5.74, 6) is 0.863. The standard InChI is InChI=1S/C33H21N5/c1-2-8-24(9-3-1)37-29-15-13-22(20-27(29)25-10-6-18-35-32(25)37)23-14-16-30-28(21-23)26-11-7-19-36-33(26)38(30)31-12-4-5-17-34-31/h1-21H. The summed E-state index contributed by atoms with van der Waals surface area (Å²) in [6.07, 6.45) is 5.52. The smallest absolute Gasteiger partial charge is 0.146 e. The van der Waals surface area contributed by atoms with Crippen molar-refractivity contribution in [2.75, 3.05) is 0 Å². The second-order valence-electron chi connectivity index (χ2n) is 9.41. The highest BCUT2D eigenvalue weighted by Crippen LogP contribution is 2.37. The molecule has 0 amide bonds. The number of para-hydroxylation sites is 1. The fourth-order valence-electron chi connectivity index (χ4n) is 5.61. The number of hydrogen-bond acceptors (Lipinski definition) is 3. The van der Waals surface area contributed by atoms with Crippen LogP contribution >= 0.6 is 0 Å². The minimum Gasteiger partial charge on any atom is -0.294 e. The van der Waals surface area contributed by atoms with Gasteiger partial charge in [-0.2, -0.15) is 0 Å². The van der Waals surface area contributed by atoms with E-state index in [2.05, 4.69) is 86.9 Å². The number of benzene rings is 3. The van der Waals surface area contributed by atoms with Gasteiger partial charge < -0.3 is 0 Å². The molecule has 5 heterocycles. The van der Waals surface area contributed by atoms with Crippen LogP contribution in [0.3, 0.4) is 0 Å². The first-order valence-electron chi connectivity index (χ1n) is 12.6. The van der Waals surface area contributed by atoms with Gasteiger partial charge in [0.2, 0.25) is 0 Å². The van der Waals surface area contributed by atoms with Gasteiger partial charge in [0, 0.05) is 45.8 Å². The van der Waals surface area contributed by atoms with E-state index >= 15 is 0 Å². The molecule has 0 spiro atoms. The fraction of sp³-hybridized carbons (Fsp3) is 0. The highest BCUT2D eigenvalue weighted by Gasteiger charge is 2.17. The maximum atomic E-state index is 4.75. The van der Waals surface area contributed by atoms with Crippen LogP contribution in [-0.4, -0.2) is 24.1 Å². The monoisotopic (exact) mass is 487 g/mol. The van der Waals surface area contributed by atoms with Gasteiger partial charge in [0.15, 0.2) is 0 Å². The molecular weight excluding hydrogens is 466 g/mol. The molecule has 0 aliphatic rings. The van der Waals surface area contributed by atoms with E-state index in [1.165, 1.54) is 5.39 Å². The van der Waals surface area contributed by atoms with Crippen molar-refractivity contribution < 1.29 is 0 Å². The van der Waals surface area contributed by atoms with Gasteiger partial charge in [-0.15, -0.1) is 0 Å². The van der Waals surface area contributed by atoms with Gasteiger partial charge in [-0.3, -0.25) is 9.13 Å². The molecule has 0 unspecified atom stereocenters. The van der Waals surface area contributed by atoms with Crippen molar-refractivity contribution in [1.29, 1.82) is 0 Å². The Morgan fingerprint density at radius 3 is 1.63 bits per heavy atom. The van der Waals surface area contributed by atoms with Crippen molar-refractivity contribution in [3.63, 3.8) is 0 Å². The molecule has 0 atom stereocenters. The molecule has 5 aromatic heterocycles. The molecule has 0 saturated heterocycles. The van der Waals surface area contributed by atoms with Gasteiger partial charge in [-0.05, 0) is 83.9 Å². The Kier molecular flexibility index (Phi) is 4.45. The van der Waals surface area contributed by atoms with Crippen LogP contribution in [0.4, 0.5) is 0 Å². The van der Waals surface area contributed by atoms with Crippen LogP contribution in [0, 0.1) is 0 Å². The van der Waals surface area contributed by atoms with E-state index in [0.29, 0.717) is 0 Å². The molecule has 0 aliphatic carbocycles. The number of hydrogen-bond donors (Lipinski definition) is 0. The van der Waals surface area contributed by atoms with Gasteiger partial charge in [0.25, 0.3) is 0 Å². The van der Waals surface area contributed by atoms with Gasteiger partial charge in [-0.1, -0.05) is 36.4 Å². The molecule has 0 N–H and O–H groups in total. The van der Waals surface area contributed by atoms with Crippen LogP contribution in [0.5, 0.6) is 0 Å². The predicted octanol–water partition coefficient (Wildman–Crippen LogP) is 7.73. The second kappa shape index (κ2) is 8.11. The fourth-order valence-corrected chi connectivity index (χ4v) is 5.61. The SMILES string of the molecule is c1ccc(-n2c3ccc(-c4ccc5c(c4)c4cccnc4n5-c4ccccn4)cc3c3cccnc32)cc1. The topological polar surface area (TPSA) is 48.5 Å². The molecule has 0 saturated carbocycles. The van der Waals surface area contributed by atoms with Crippen LogP contribution < -0.4 is 0 Å². The quantitative estimate of drug-likeness (QED) is 0.256. The summed E-state index contributed by atoms with van der Waals surface area (Å²) in [4.78, 5) is 14.1. The lowest BCUT2D eigenvalue weighted by molar-refractivity contribution is 1.06. The van der Waals surface area contributed by atoms with E-state index in [-0.39, 0.29) is 0 Å². The summed E-state index contributed by atoms with van der Waals surface area (Å²) < 4.78 is 4.38. The number of nitrogens with zero attached hydrogens (tertiary/aromatic N) is 5. The lowest BCUT2D eigenvalue weighted by Gasteiger charge is -2.08. The normalized spacial score (nSPS) is 11.7. The summed E-state index contributed by atoms with van der Waals surface area (Å²) in [5, 5.41) is 4.60. The Hall–Kier alpha value is -5.29. The van der Waals surface area contributed by atoms with Gasteiger partial charge >= 0.3 is 0 Å². The molecule has 5 nitrogen and oxygen atoms in total. The summed E-state index contributed by atoms with van der Waals surface area (Å²) in [6, 6.07) is 38.0. The molecule has 3 aromatic carbocycles. The van der Waals surface area contributed by atoms with E-state index in [1.54, 1.807) is 0 Å². The summed E-state index contributed by atoms with van der Waals surface area (Å²) in [7, 11) is 0. The summed E-state index contributed by atoms with van der Waals surface area (Å²) in [5.41, 5.74) is 7.54. The Bertz CT molecular complexity index is 1970. The maximum Gasteiger partial charge on any atom is 0.146 e. The maximum absolute atomic E-state index is 4.75. The zero-order chi connectivity index (χ0) is 25.1. The molecule has 5 heteroatoms. The third kappa shape index (κ3) is 3.02. The molecule has 38 heavy (non-hydrogen) atoms. The highest BCUT2D eigenvalue weighted by atomic mass is 15.1. The molecule has 8 rings (SSSR count). The van der Waals surface area contributed by atoms with E-state index in [9.17, 15) is 0 Å². The highest BCUT2D eigenvalue weighted by molar-refractivity contribution is 6.11. The number of rotatable bonds is 3. The number of pyridine rings is 3. The van der Waals surface area contributed by atoms with Crippen molar-refractivity contribution in [2.24, 2.45) is 0 Å². The van der Waals surface area contributed by atoms with Crippen LogP contribution in [-0.2, 0) is 0 Å². The van der Waals surface area contributed by atoms with E-state index in [4.69, 9.17) is 9.97 Å². The Labute approximate surface area is 218 Å². The average molecular weight is 488 g/mol. The summed E-state index contributed by atoms with van der Waals surface area (Å²) in [6.45, 7) is 0. The molecule has 0 fully saturated rings. The summed E-state index contributed by atoms with van der Waals surface area (Å²) >= 11 is 0. The third-order valence-corrected chi connectivity index (χ3v) is 7.28. The first kappa shape index (κ1) is 20.9. The van der Waals surface area contributed by atoms with Crippen LogP contribution in [0.2, 0.25) is 0 Å². The first-order chi connectivity index (χ1) is 18.9. The Balaban J connectivity index is 1.36. The second-order valence-corrected chi connectivity index (χ2v) is 9.41. The van der Waals surface area contributed by atoms with E-state index in [0.717, 1.165) is 61.1 Å². The van der Waals surface area contributed by atoms with Crippen molar-refractivity contribution in [1.82, 2.24) is 24.1 Å². The Morgan fingerprint density at radius 1 is 0.421 bits per heavy atom. The van der Waals surface area contributed by atoms with E-state index in [1.807, 2.05) is 55.0 Å². The van der Waals surface area contributed by atoms with Crippen LogP contribution in [0.15, 0.2) is 128 Å². The first-order valence-corrected chi connectivity index (χ1v) is 12.6. The van der Waals surface area contributed by atoms with Gasteiger partial charge in [0.05, 0.1) is 11.0 Å². The molecule has 0 aliphatic heterocycles. The number of aromatic nitrogens is 5. The van der Waals surface area contributed by atoms with Crippen LogP contribution in [0.1, 0.15) is 0 Å². The van der Waals surface area contributed by atoms with Crippen molar-refractivity contribution >= 4 is 43.9 Å². The third-order valence-electron chi connectivity index (χ3n) is 7.28. The minimum absolute atomic E-state index is 0.863. The van der Waals surface area contributed by atoms with Crippen molar-refractivity contribution in [2.45, 2.75) is 0 Å².